The molecule has 6 heteroatoms. The second-order valence-corrected chi connectivity index (χ2v) is 7.00. The number of benzene rings is 2. The fourth-order valence-electron chi connectivity index (χ4n) is 3.78. The van der Waals surface area contributed by atoms with Crippen LogP contribution in [0.4, 0.5) is 11.4 Å². The van der Waals surface area contributed by atoms with Crippen molar-refractivity contribution >= 4 is 34.8 Å². The van der Waals surface area contributed by atoms with Gasteiger partial charge in [-0.3, -0.25) is 14.4 Å². The molecule has 2 aromatic carbocycles. The molecule has 0 spiro atoms. The maximum atomic E-state index is 13.1. The van der Waals surface area contributed by atoms with Crippen LogP contribution in [0.5, 0.6) is 0 Å². The number of imide groups is 1. The number of hydrogen-bond acceptors (Lipinski definition) is 4. The van der Waals surface area contributed by atoms with E-state index in [1.807, 2.05) is 30.3 Å². The molecule has 26 heavy (non-hydrogen) atoms. The summed E-state index contributed by atoms with van der Waals surface area (Å²) in [5.74, 6) is -1.07. The average Bonchev–Trinajstić information content (AvgIpc) is 3.13. The zero-order valence-electron chi connectivity index (χ0n) is 14.3. The Labute approximate surface area is 157 Å². The van der Waals surface area contributed by atoms with Crippen molar-refractivity contribution in [2.24, 2.45) is 5.92 Å². The molecule has 4 rings (SSSR count). The Bertz CT molecular complexity index is 842. The predicted octanol–water partition coefficient (Wildman–Crippen LogP) is 3.82. The zero-order valence-corrected chi connectivity index (χ0v) is 15.1. The second kappa shape index (κ2) is 6.74. The van der Waals surface area contributed by atoms with Gasteiger partial charge >= 0.3 is 0 Å². The standard InChI is InChI=1S/C20H19ClN2O3/c1-2-7-16-17-18(26-23(16)14-9-4-3-5-10-14)20(25)22(19(17)24)15-11-6-8-13(21)12-15/h3-6,8-12,16-18H,2,7H2,1H3. The van der Waals surface area contributed by atoms with Crippen molar-refractivity contribution in [2.45, 2.75) is 31.9 Å². The van der Waals surface area contributed by atoms with E-state index in [0.717, 1.165) is 18.5 Å². The van der Waals surface area contributed by atoms with Crippen molar-refractivity contribution in [3.05, 3.63) is 59.6 Å². The van der Waals surface area contributed by atoms with Gasteiger partial charge in [0.1, 0.15) is 0 Å². The molecule has 0 saturated carbocycles. The Morgan fingerprint density at radius 3 is 2.42 bits per heavy atom. The summed E-state index contributed by atoms with van der Waals surface area (Å²) < 4.78 is 0. The summed E-state index contributed by atoms with van der Waals surface area (Å²) in [6, 6.07) is 16.2. The fourth-order valence-corrected chi connectivity index (χ4v) is 3.97. The van der Waals surface area contributed by atoms with Gasteiger partial charge in [0.15, 0.2) is 6.10 Å². The number of carbonyl (C=O) groups excluding carboxylic acids is 2. The van der Waals surface area contributed by atoms with E-state index in [1.54, 1.807) is 29.3 Å². The van der Waals surface area contributed by atoms with Gasteiger partial charge in [-0.25, -0.2) is 9.96 Å². The normalized spacial score (nSPS) is 25.1. The van der Waals surface area contributed by atoms with Crippen molar-refractivity contribution in [2.75, 3.05) is 9.96 Å². The largest absolute Gasteiger partial charge is 0.273 e. The van der Waals surface area contributed by atoms with Crippen molar-refractivity contribution in [1.82, 2.24) is 0 Å². The van der Waals surface area contributed by atoms with Gasteiger partial charge in [-0.05, 0) is 36.8 Å². The molecule has 2 aliphatic heterocycles. The Morgan fingerprint density at radius 1 is 1.00 bits per heavy atom. The maximum absolute atomic E-state index is 13.1. The van der Waals surface area contributed by atoms with Crippen LogP contribution >= 0.6 is 11.6 Å². The first-order chi connectivity index (χ1) is 12.6. The molecule has 2 aliphatic rings. The molecule has 2 fully saturated rings. The highest BCUT2D eigenvalue weighted by Crippen LogP contribution is 2.41. The molecule has 5 nitrogen and oxygen atoms in total. The molecule has 0 N–H and O–H groups in total. The molecule has 2 saturated heterocycles. The molecule has 3 unspecified atom stereocenters. The van der Waals surface area contributed by atoms with Crippen LogP contribution in [0.1, 0.15) is 19.8 Å². The summed E-state index contributed by atoms with van der Waals surface area (Å²) in [6.07, 6.45) is 0.857. The van der Waals surface area contributed by atoms with E-state index < -0.39 is 12.0 Å². The van der Waals surface area contributed by atoms with Crippen molar-refractivity contribution in [3.63, 3.8) is 0 Å². The van der Waals surface area contributed by atoms with Crippen LogP contribution in [0.3, 0.4) is 0 Å². The lowest BCUT2D eigenvalue weighted by Crippen LogP contribution is -2.40. The minimum atomic E-state index is -0.793. The maximum Gasteiger partial charge on any atom is 0.266 e. The van der Waals surface area contributed by atoms with Gasteiger partial charge in [-0.1, -0.05) is 49.2 Å². The lowest BCUT2D eigenvalue weighted by molar-refractivity contribution is -0.126. The van der Waals surface area contributed by atoms with Gasteiger partial charge in [-0.15, -0.1) is 0 Å². The number of anilines is 2. The van der Waals surface area contributed by atoms with Crippen molar-refractivity contribution in [3.8, 4) is 0 Å². The van der Waals surface area contributed by atoms with Crippen molar-refractivity contribution < 1.29 is 14.4 Å². The Balaban J connectivity index is 1.69. The molecular formula is C20H19ClN2O3. The van der Waals surface area contributed by atoms with Gasteiger partial charge < -0.3 is 0 Å². The van der Waals surface area contributed by atoms with E-state index in [9.17, 15) is 9.59 Å². The third-order valence-electron chi connectivity index (χ3n) is 4.90. The molecule has 3 atom stereocenters. The minimum Gasteiger partial charge on any atom is -0.273 e. The number of hydrogen-bond donors (Lipinski definition) is 0. The number of rotatable bonds is 4. The predicted molar refractivity (Wildman–Crippen MR) is 99.9 cm³/mol. The summed E-state index contributed by atoms with van der Waals surface area (Å²) in [7, 11) is 0. The summed E-state index contributed by atoms with van der Waals surface area (Å²) in [5, 5.41) is 2.22. The van der Waals surface area contributed by atoms with Gasteiger partial charge in [0, 0.05) is 5.02 Å². The van der Waals surface area contributed by atoms with Crippen LogP contribution in [0.15, 0.2) is 54.6 Å². The van der Waals surface area contributed by atoms with Crippen LogP contribution in [0.25, 0.3) is 0 Å². The lowest BCUT2D eigenvalue weighted by Gasteiger charge is -2.28. The number of nitrogens with zero attached hydrogens (tertiary/aromatic N) is 2. The van der Waals surface area contributed by atoms with Crippen LogP contribution in [-0.4, -0.2) is 24.0 Å². The Kier molecular flexibility index (Phi) is 4.42. The van der Waals surface area contributed by atoms with E-state index in [4.69, 9.17) is 16.4 Å². The van der Waals surface area contributed by atoms with E-state index in [0.29, 0.717) is 10.7 Å². The second-order valence-electron chi connectivity index (χ2n) is 6.56. The first-order valence-corrected chi connectivity index (χ1v) is 9.14. The Hall–Kier alpha value is -2.37. The van der Waals surface area contributed by atoms with Crippen LogP contribution in [0, 0.1) is 5.92 Å². The highest BCUT2D eigenvalue weighted by molar-refractivity contribution is 6.31. The van der Waals surface area contributed by atoms with Crippen molar-refractivity contribution in [1.29, 1.82) is 0 Å². The van der Waals surface area contributed by atoms with Crippen LogP contribution in [-0.2, 0) is 14.4 Å². The molecule has 0 bridgehead atoms. The zero-order chi connectivity index (χ0) is 18.3. The molecule has 2 amide bonds. The SMILES string of the molecule is CCCC1C2C(=O)N(c3cccc(Cl)c3)C(=O)C2ON1c1ccccc1. The summed E-state index contributed by atoms with van der Waals surface area (Å²) in [4.78, 5) is 33.3. The molecule has 0 aliphatic carbocycles. The quantitative estimate of drug-likeness (QED) is 0.768. The molecule has 2 aromatic rings. The van der Waals surface area contributed by atoms with E-state index in [2.05, 4.69) is 6.92 Å². The summed E-state index contributed by atoms with van der Waals surface area (Å²) in [5.41, 5.74) is 1.35. The van der Waals surface area contributed by atoms with E-state index in [1.165, 1.54) is 4.90 Å². The Morgan fingerprint density at radius 2 is 1.73 bits per heavy atom. The third-order valence-corrected chi connectivity index (χ3v) is 5.13. The monoisotopic (exact) mass is 370 g/mol. The number of amides is 2. The summed E-state index contributed by atoms with van der Waals surface area (Å²) >= 11 is 6.03. The minimum absolute atomic E-state index is 0.173. The van der Waals surface area contributed by atoms with Gasteiger partial charge in [-0.2, -0.15) is 0 Å². The first-order valence-electron chi connectivity index (χ1n) is 8.76. The number of fused-ring (bicyclic) bond motifs is 1. The molecule has 134 valence electrons. The summed E-state index contributed by atoms with van der Waals surface area (Å²) in [6.45, 7) is 2.06. The van der Waals surface area contributed by atoms with Crippen LogP contribution < -0.4 is 9.96 Å². The average molecular weight is 371 g/mol. The fraction of sp³-hybridized carbons (Fsp3) is 0.300. The molecule has 0 radical (unpaired) electrons. The number of para-hydroxylation sites is 1. The number of hydroxylamine groups is 1. The lowest BCUT2D eigenvalue weighted by atomic mass is 9.93. The highest BCUT2D eigenvalue weighted by atomic mass is 35.5. The highest BCUT2D eigenvalue weighted by Gasteiger charge is 2.59. The third kappa shape index (κ3) is 2.68. The first kappa shape index (κ1) is 17.1. The van der Waals surface area contributed by atoms with Gasteiger partial charge in [0.25, 0.3) is 5.91 Å². The number of carbonyl (C=O) groups is 2. The van der Waals surface area contributed by atoms with E-state index in [-0.39, 0.29) is 17.9 Å². The number of halogens is 1. The van der Waals surface area contributed by atoms with E-state index >= 15 is 0 Å². The van der Waals surface area contributed by atoms with Gasteiger partial charge in [0.2, 0.25) is 5.91 Å². The topological polar surface area (TPSA) is 49.9 Å². The van der Waals surface area contributed by atoms with Crippen LogP contribution in [0.2, 0.25) is 5.02 Å². The molecular weight excluding hydrogens is 352 g/mol. The molecule has 0 aromatic heterocycles. The van der Waals surface area contributed by atoms with Gasteiger partial charge in [0.05, 0.1) is 23.3 Å². The molecule has 2 heterocycles. The smallest absolute Gasteiger partial charge is 0.266 e.